The molecule has 2 aliphatic rings. The first-order valence-electron chi connectivity index (χ1n) is 8.77. The predicted octanol–water partition coefficient (Wildman–Crippen LogP) is 0.939. The van der Waals surface area contributed by atoms with Gasteiger partial charge in [0.05, 0.1) is 6.04 Å². The summed E-state index contributed by atoms with van der Waals surface area (Å²) in [7, 11) is 0. The van der Waals surface area contributed by atoms with Crippen molar-refractivity contribution in [3.63, 3.8) is 0 Å². The number of aromatic nitrogens is 2. The van der Waals surface area contributed by atoms with Crippen molar-refractivity contribution in [3.05, 3.63) is 18.2 Å². The van der Waals surface area contributed by atoms with Gasteiger partial charge in [-0.05, 0) is 26.7 Å². The molecule has 0 bridgehead atoms. The van der Waals surface area contributed by atoms with Gasteiger partial charge in [0.2, 0.25) is 5.91 Å². The van der Waals surface area contributed by atoms with Gasteiger partial charge in [0.1, 0.15) is 17.9 Å². The summed E-state index contributed by atoms with van der Waals surface area (Å²) in [5.74, 6) is 0.460. The van der Waals surface area contributed by atoms with Crippen LogP contribution in [0, 0.1) is 0 Å². The average molecular weight is 347 g/mol. The van der Waals surface area contributed by atoms with Crippen molar-refractivity contribution in [1.29, 1.82) is 0 Å². The van der Waals surface area contributed by atoms with Crippen molar-refractivity contribution in [2.45, 2.75) is 51.6 Å². The number of nitrogens with one attached hydrogen (secondary N) is 1. The normalized spacial score (nSPS) is 23.1. The van der Waals surface area contributed by atoms with Gasteiger partial charge in [-0.25, -0.2) is 9.78 Å². The molecule has 0 spiro atoms. The van der Waals surface area contributed by atoms with E-state index in [9.17, 15) is 14.4 Å². The molecule has 1 N–H and O–H groups in total. The van der Waals surface area contributed by atoms with Gasteiger partial charge in [-0.2, -0.15) is 0 Å². The molecule has 2 aliphatic heterocycles. The van der Waals surface area contributed by atoms with E-state index < -0.39 is 11.6 Å². The summed E-state index contributed by atoms with van der Waals surface area (Å²) >= 11 is 0. The zero-order chi connectivity index (χ0) is 18.2. The van der Waals surface area contributed by atoms with Crippen LogP contribution >= 0.6 is 0 Å². The first kappa shape index (κ1) is 17.4. The minimum Gasteiger partial charge on any atom is -0.339 e. The van der Waals surface area contributed by atoms with Crippen molar-refractivity contribution >= 4 is 17.8 Å². The molecule has 0 aromatic carbocycles. The number of amides is 4. The third kappa shape index (κ3) is 3.25. The largest absolute Gasteiger partial charge is 0.339 e. The van der Waals surface area contributed by atoms with Crippen molar-refractivity contribution in [2.75, 3.05) is 19.6 Å². The van der Waals surface area contributed by atoms with Crippen LogP contribution in [0.25, 0.3) is 0 Å². The summed E-state index contributed by atoms with van der Waals surface area (Å²) in [5, 5.41) is 2.60. The monoisotopic (exact) mass is 347 g/mol. The van der Waals surface area contributed by atoms with Gasteiger partial charge >= 0.3 is 6.03 Å². The number of imide groups is 1. The highest BCUT2D eigenvalue weighted by Gasteiger charge is 2.45. The highest BCUT2D eigenvalue weighted by molar-refractivity contribution is 6.08. The molecule has 4 amide bonds. The van der Waals surface area contributed by atoms with Gasteiger partial charge in [0.25, 0.3) is 5.91 Å². The number of piperidine rings is 1. The van der Waals surface area contributed by atoms with E-state index in [-0.39, 0.29) is 24.4 Å². The number of rotatable bonds is 4. The molecule has 136 valence electrons. The summed E-state index contributed by atoms with van der Waals surface area (Å²) in [5.41, 5.74) is -0.950. The van der Waals surface area contributed by atoms with E-state index in [0.29, 0.717) is 13.1 Å². The maximum absolute atomic E-state index is 12.7. The Labute approximate surface area is 147 Å². The number of hydrogen-bond acceptors (Lipinski definition) is 4. The number of carbonyl (C=O) groups excluding carboxylic acids is 3. The molecule has 8 heteroatoms. The van der Waals surface area contributed by atoms with E-state index in [0.717, 1.165) is 30.0 Å². The molecule has 25 heavy (non-hydrogen) atoms. The Morgan fingerprint density at radius 3 is 2.80 bits per heavy atom. The van der Waals surface area contributed by atoms with Crippen LogP contribution in [0.1, 0.15) is 45.5 Å². The number of imidazole rings is 1. The van der Waals surface area contributed by atoms with Crippen LogP contribution in [-0.4, -0.2) is 62.4 Å². The molecule has 0 aliphatic carbocycles. The lowest BCUT2D eigenvalue weighted by Crippen LogP contribution is -2.47. The third-order valence-electron chi connectivity index (χ3n) is 4.95. The van der Waals surface area contributed by atoms with E-state index in [4.69, 9.17) is 0 Å². The third-order valence-corrected chi connectivity index (χ3v) is 4.95. The Balaban J connectivity index is 1.67. The minimum atomic E-state index is -0.950. The van der Waals surface area contributed by atoms with Gasteiger partial charge < -0.3 is 14.8 Å². The zero-order valence-electron chi connectivity index (χ0n) is 15.0. The quantitative estimate of drug-likeness (QED) is 0.821. The van der Waals surface area contributed by atoms with Crippen molar-refractivity contribution < 1.29 is 14.4 Å². The van der Waals surface area contributed by atoms with Crippen LogP contribution in [0.3, 0.4) is 0 Å². The summed E-state index contributed by atoms with van der Waals surface area (Å²) in [6, 6.07) is -0.311. The second-order valence-corrected chi connectivity index (χ2v) is 7.19. The topological polar surface area (TPSA) is 87.5 Å². The van der Waals surface area contributed by atoms with Crippen molar-refractivity contribution in [2.24, 2.45) is 0 Å². The van der Waals surface area contributed by atoms with E-state index in [2.05, 4.69) is 21.8 Å². The average Bonchev–Trinajstić information content (AvgIpc) is 3.13. The summed E-state index contributed by atoms with van der Waals surface area (Å²) in [4.78, 5) is 44.0. The van der Waals surface area contributed by atoms with Gasteiger partial charge in [-0.1, -0.05) is 6.92 Å². The maximum Gasteiger partial charge on any atom is 0.325 e. The van der Waals surface area contributed by atoms with Gasteiger partial charge in [-0.3, -0.25) is 14.5 Å². The first-order chi connectivity index (χ1) is 11.8. The van der Waals surface area contributed by atoms with E-state index >= 15 is 0 Å². The number of carbonyl (C=O) groups is 3. The molecule has 3 heterocycles. The number of hydrogen-bond donors (Lipinski definition) is 1. The molecule has 1 aromatic heterocycles. The molecule has 0 saturated carbocycles. The Kier molecular flexibility index (Phi) is 4.53. The number of aryl methyl sites for hydroxylation is 1. The van der Waals surface area contributed by atoms with Crippen LogP contribution in [0.2, 0.25) is 0 Å². The maximum atomic E-state index is 12.7. The molecule has 2 saturated heterocycles. The molecule has 8 nitrogen and oxygen atoms in total. The predicted molar refractivity (Wildman–Crippen MR) is 90.8 cm³/mol. The number of likely N-dealkylation sites (tertiary alicyclic amines) is 1. The summed E-state index contributed by atoms with van der Waals surface area (Å²) in [6.45, 7) is 6.36. The SMILES string of the molecule is CCc1nccn1[C@H]1CCCN(C(=O)CN2C(=O)NC(C)(C)C2=O)C1. The van der Waals surface area contributed by atoms with Gasteiger partial charge in [-0.15, -0.1) is 0 Å². The molecular weight excluding hydrogens is 322 g/mol. The van der Waals surface area contributed by atoms with E-state index in [1.807, 2.05) is 6.20 Å². The van der Waals surface area contributed by atoms with Crippen LogP contribution in [-0.2, 0) is 16.0 Å². The molecule has 1 atom stereocenters. The summed E-state index contributed by atoms with van der Waals surface area (Å²) < 4.78 is 2.14. The van der Waals surface area contributed by atoms with Crippen LogP contribution < -0.4 is 5.32 Å². The number of nitrogens with zero attached hydrogens (tertiary/aromatic N) is 4. The Hall–Kier alpha value is -2.38. The van der Waals surface area contributed by atoms with Gasteiger partial charge in [0.15, 0.2) is 0 Å². The highest BCUT2D eigenvalue weighted by atomic mass is 16.2. The van der Waals surface area contributed by atoms with Crippen molar-refractivity contribution in [1.82, 2.24) is 24.7 Å². The minimum absolute atomic E-state index is 0.190. The van der Waals surface area contributed by atoms with Crippen LogP contribution in [0.4, 0.5) is 4.79 Å². The van der Waals surface area contributed by atoms with Gasteiger partial charge in [0, 0.05) is 31.9 Å². The number of urea groups is 1. The fourth-order valence-electron chi connectivity index (χ4n) is 3.56. The smallest absolute Gasteiger partial charge is 0.325 e. The van der Waals surface area contributed by atoms with E-state index in [1.165, 1.54) is 0 Å². The van der Waals surface area contributed by atoms with Crippen LogP contribution in [0.5, 0.6) is 0 Å². The first-order valence-corrected chi connectivity index (χ1v) is 8.77. The molecule has 0 radical (unpaired) electrons. The van der Waals surface area contributed by atoms with Crippen LogP contribution in [0.15, 0.2) is 12.4 Å². The second kappa shape index (κ2) is 6.50. The van der Waals surface area contributed by atoms with E-state index in [1.54, 1.807) is 24.9 Å². The molecule has 0 unspecified atom stereocenters. The van der Waals surface area contributed by atoms with Crippen molar-refractivity contribution in [3.8, 4) is 0 Å². The lowest BCUT2D eigenvalue weighted by Gasteiger charge is -2.34. The Morgan fingerprint density at radius 2 is 2.16 bits per heavy atom. The standard InChI is InChI=1S/C17H25N5O3/c1-4-13-18-7-9-21(13)12-6-5-8-20(10-12)14(23)11-22-15(24)17(2,3)19-16(22)25/h7,9,12H,4-6,8,10-11H2,1-3H3,(H,19,25)/t12-/m0/s1. The lowest BCUT2D eigenvalue weighted by molar-refractivity contribution is -0.139. The summed E-state index contributed by atoms with van der Waals surface area (Å²) in [6.07, 6.45) is 6.47. The molecule has 3 rings (SSSR count). The lowest BCUT2D eigenvalue weighted by atomic mass is 10.0. The highest BCUT2D eigenvalue weighted by Crippen LogP contribution is 2.24. The molecule has 1 aromatic rings. The Bertz CT molecular complexity index is 696. The fraction of sp³-hybridized carbons (Fsp3) is 0.647. The second-order valence-electron chi connectivity index (χ2n) is 7.19. The fourth-order valence-corrected chi connectivity index (χ4v) is 3.56. The Morgan fingerprint density at radius 1 is 1.40 bits per heavy atom. The molecule has 2 fully saturated rings. The zero-order valence-corrected chi connectivity index (χ0v) is 15.0. The molecular formula is C17H25N5O3.